The minimum absolute atomic E-state index is 0. The van der Waals surface area contributed by atoms with Gasteiger partial charge < -0.3 is 10.3 Å². The number of hydrogen-bond acceptors (Lipinski definition) is 2. The van der Waals surface area contributed by atoms with Crippen molar-refractivity contribution < 1.29 is 4.39 Å². The van der Waals surface area contributed by atoms with E-state index in [0.29, 0.717) is 11.3 Å². The summed E-state index contributed by atoms with van der Waals surface area (Å²) in [6, 6.07) is 4.39. The molecule has 0 aliphatic heterocycles. The number of rotatable bonds is 2. The van der Waals surface area contributed by atoms with E-state index >= 15 is 0 Å². The molecule has 0 fully saturated rings. The molecule has 0 unspecified atom stereocenters. The maximum Gasteiger partial charge on any atom is 0.147 e. The van der Waals surface area contributed by atoms with Crippen LogP contribution in [0.1, 0.15) is 5.56 Å². The molecule has 0 amide bonds. The monoisotopic (exact) mass is 240 g/mol. The number of nitrogen functional groups attached to an aromatic ring is 1. The normalized spacial score (nSPS) is 9.56. The largest absolute Gasteiger partial charge is 0.384 e. The van der Waals surface area contributed by atoms with Crippen molar-refractivity contribution in [2.24, 2.45) is 5.73 Å². The first-order valence-corrected chi connectivity index (χ1v) is 4.31. The van der Waals surface area contributed by atoms with Gasteiger partial charge in [-0.1, -0.05) is 0 Å². The molecule has 1 heterocycles. The van der Waals surface area contributed by atoms with E-state index in [-0.39, 0.29) is 18.2 Å². The highest BCUT2D eigenvalue weighted by molar-refractivity contribution is 5.95. The first-order valence-electron chi connectivity index (χ1n) is 4.31. The lowest BCUT2D eigenvalue weighted by Gasteiger charge is -2.05. The molecule has 0 aliphatic carbocycles. The molecule has 0 bridgehead atoms. The number of nitrogens with zero attached hydrogens (tertiary/aromatic N) is 2. The number of benzene rings is 1. The van der Waals surface area contributed by atoms with Crippen molar-refractivity contribution in [2.45, 2.75) is 0 Å². The Labute approximate surface area is 97.8 Å². The van der Waals surface area contributed by atoms with Crippen LogP contribution in [-0.4, -0.2) is 15.4 Å². The Bertz CT molecular complexity index is 496. The van der Waals surface area contributed by atoms with E-state index in [0.717, 1.165) is 0 Å². The van der Waals surface area contributed by atoms with Gasteiger partial charge in [0.1, 0.15) is 11.7 Å². The molecule has 0 aliphatic rings. The van der Waals surface area contributed by atoms with E-state index in [4.69, 9.17) is 11.1 Å². The Morgan fingerprint density at radius 1 is 1.44 bits per heavy atom. The zero-order valence-electron chi connectivity index (χ0n) is 8.22. The van der Waals surface area contributed by atoms with Gasteiger partial charge in [-0.3, -0.25) is 5.41 Å². The van der Waals surface area contributed by atoms with E-state index in [9.17, 15) is 4.39 Å². The predicted molar refractivity (Wildman–Crippen MR) is 61.8 cm³/mol. The number of imidazole rings is 1. The quantitative estimate of drug-likeness (QED) is 0.620. The van der Waals surface area contributed by atoms with Crippen LogP contribution in [0.2, 0.25) is 0 Å². The molecule has 84 valence electrons. The van der Waals surface area contributed by atoms with Gasteiger partial charge in [0, 0.05) is 18.0 Å². The van der Waals surface area contributed by atoms with E-state index in [2.05, 4.69) is 4.98 Å². The molecule has 4 nitrogen and oxygen atoms in total. The molecule has 0 spiro atoms. The standard InChI is InChI=1S/C10H9FN4.ClH/c11-8-5-7(10(12)13)1-2-9(8)15-4-3-14-6-15;/h1-6H,(H3,12,13);1H. The topological polar surface area (TPSA) is 67.7 Å². The number of halogens is 2. The fourth-order valence-electron chi connectivity index (χ4n) is 1.29. The molecule has 0 atom stereocenters. The summed E-state index contributed by atoms with van der Waals surface area (Å²) in [5, 5.41) is 7.17. The van der Waals surface area contributed by atoms with Crippen molar-refractivity contribution in [3.8, 4) is 5.69 Å². The molecule has 2 aromatic rings. The van der Waals surface area contributed by atoms with Gasteiger partial charge in [0.15, 0.2) is 0 Å². The van der Waals surface area contributed by atoms with Crippen LogP contribution in [0.15, 0.2) is 36.9 Å². The van der Waals surface area contributed by atoms with Crippen LogP contribution in [0.4, 0.5) is 4.39 Å². The van der Waals surface area contributed by atoms with Crippen molar-refractivity contribution in [3.63, 3.8) is 0 Å². The van der Waals surface area contributed by atoms with Crippen LogP contribution in [0.25, 0.3) is 5.69 Å². The van der Waals surface area contributed by atoms with Crippen molar-refractivity contribution in [1.29, 1.82) is 5.41 Å². The van der Waals surface area contributed by atoms with Crippen LogP contribution < -0.4 is 5.73 Å². The molecule has 3 N–H and O–H groups in total. The number of amidine groups is 1. The first-order chi connectivity index (χ1) is 7.18. The molecule has 1 aromatic heterocycles. The Morgan fingerprint density at radius 3 is 2.69 bits per heavy atom. The lowest BCUT2D eigenvalue weighted by atomic mass is 10.2. The third-order valence-corrected chi connectivity index (χ3v) is 2.04. The highest BCUT2D eigenvalue weighted by Crippen LogP contribution is 2.14. The van der Waals surface area contributed by atoms with Crippen molar-refractivity contribution in [1.82, 2.24) is 9.55 Å². The fraction of sp³-hybridized carbons (Fsp3) is 0. The summed E-state index contributed by atoms with van der Waals surface area (Å²) in [6.45, 7) is 0. The number of aromatic nitrogens is 2. The Balaban J connectivity index is 0.00000128. The summed E-state index contributed by atoms with van der Waals surface area (Å²) in [6.07, 6.45) is 4.72. The van der Waals surface area contributed by atoms with Gasteiger partial charge in [-0.25, -0.2) is 9.37 Å². The molecule has 0 saturated carbocycles. The maximum atomic E-state index is 13.6. The van der Waals surface area contributed by atoms with Crippen LogP contribution in [0, 0.1) is 11.2 Å². The van der Waals surface area contributed by atoms with Crippen molar-refractivity contribution in [3.05, 3.63) is 48.3 Å². The van der Waals surface area contributed by atoms with Crippen LogP contribution in [0.3, 0.4) is 0 Å². The van der Waals surface area contributed by atoms with Gasteiger partial charge in [0.2, 0.25) is 0 Å². The van der Waals surface area contributed by atoms with Crippen LogP contribution in [0.5, 0.6) is 0 Å². The third kappa shape index (κ3) is 2.20. The lowest BCUT2D eigenvalue weighted by Crippen LogP contribution is -2.11. The van der Waals surface area contributed by atoms with Gasteiger partial charge in [-0.2, -0.15) is 0 Å². The SMILES string of the molecule is Cl.N=C(N)c1ccc(-n2ccnc2)c(F)c1. The van der Waals surface area contributed by atoms with E-state index in [1.165, 1.54) is 12.4 Å². The first kappa shape index (κ1) is 12.2. The molecule has 2 rings (SSSR count). The Morgan fingerprint density at radius 2 is 2.19 bits per heavy atom. The number of hydrogen-bond donors (Lipinski definition) is 2. The molecule has 1 aromatic carbocycles. The van der Waals surface area contributed by atoms with Crippen molar-refractivity contribution >= 4 is 18.2 Å². The van der Waals surface area contributed by atoms with Crippen LogP contribution >= 0.6 is 12.4 Å². The Hall–Kier alpha value is -1.88. The van der Waals surface area contributed by atoms with Crippen LogP contribution in [-0.2, 0) is 0 Å². The molecule has 16 heavy (non-hydrogen) atoms. The highest BCUT2D eigenvalue weighted by Gasteiger charge is 2.06. The summed E-state index contributed by atoms with van der Waals surface area (Å²) in [5.74, 6) is -0.577. The summed E-state index contributed by atoms with van der Waals surface area (Å²) in [5.41, 5.74) is 6.01. The molecule has 0 saturated heterocycles. The van der Waals surface area contributed by atoms with E-state index < -0.39 is 5.82 Å². The lowest BCUT2D eigenvalue weighted by molar-refractivity contribution is 0.617. The van der Waals surface area contributed by atoms with Crippen molar-refractivity contribution in [2.75, 3.05) is 0 Å². The minimum Gasteiger partial charge on any atom is -0.384 e. The van der Waals surface area contributed by atoms with Gasteiger partial charge in [-0.15, -0.1) is 12.4 Å². The summed E-state index contributed by atoms with van der Waals surface area (Å²) in [7, 11) is 0. The minimum atomic E-state index is -0.430. The Kier molecular flexibility index (Phi) is 3.63. The van der Waals surface area contributed by atoms with Gasteiger partial charge in [0.25, 0.3) is 0 Å². The summed E-state index contributed by atoms with van der Waals surface area (Å²) >= 11 is 0. The smallest absolute Gasteiger partial charge is 0.147 e. The zero-order valence-corrected chi connectivity index (χ0v) is 9.04. The third-order valence-electron chi connectivity index (χ3n) is 2.04. The van der Waals surface area contributed by atoms with E-state index in [1.807, 2.05) is 0 Å². The average molecular weight is 241 g/mol. The summed E-state index contributed by atoms with van der Waals surface area (Å²) < 4.78 is 15.1. The fourth-order valence-corrected chi connectivity index (χ4v) is 1.29. The van der Waals surface area contributed by atoms with Gasteiger partial charge in [-0.05, 0) is 18.2 Å². The molecule has 0 radical (unpaired) electrons. The zero-order chi connectivity index (χ0) is 10.8. The second kappa shape index (κ2) is 4.76. The van der Waals surface area contributed by atoms with E-state index in [1.54, 1.807) is 29.1 Å². The van der Waals surface area contributed by atoms with Gasteiger partial charge in [0.05, 0.1) is 12.0 Å². The molecule has 6 heteroatoms. The molecular weight excluding hydrogens is 231 g/mol. The second-order valence-corrected chi connectivity index (χ2v) is 3.05. The number of nitrogens with one attached hydrogen (secondary N) is 1. The summed E-state index contributed by atoms with van der Waals surface area (Å²) in [4.78, 5) is 3.83. The second-order valence-electron chi connectivity index (χ2n) is 3.05. The predicted octanol–water partition coefficient (Wildman–Crippen LogP) is 1.72. The van der Waals surface area contributed by atoms with Gasteiger partial charge >= 0.3 is 0 Å². The maximum absolute atomic E-state index is 13.6. The highest BCUT2D eigenvalue weighted by atomic mass is 35.5. The average Bonchev–Trinajstić information content (AvgIpc) is 2.70. The number of nitrogens with two attached hydrogens (primary N) is 1. The molecular formula is C10H10ClFN4.